The number of hydrogen-bond acceptors (Lipinski definition) is 5. The molecule has 2 aromatic carbocycles. The van der Waals surface area contributed by atoms with E-state index in [2.05, 4.69) is 15.3 Å². The van der Waals surface area contributed by atoms with Gasteiger partial charge in [-0.05, 0) is 72.6 Å². The van der Waals surface area contributed by atoms with Crippen LogP contribution < -0.4 is 10.1 Å². The summed E-state index contributed by atoms with van der Waals surface area (Å²) in [5.41, 5.74) is 4.85. The molecule has 4 rings (SSSR count). The van der Waals surface area contributed by atoms with Gasteiger partial charge < -0.3 is 10.1 Å². The summed E-state index contributed by atoms with van der Waals surface area (Å²) < 4.78 is 5.76. The van der Waals surface area contributed by atoms with Gasteiger partial charge in [0.15, 0.2) is 5.17 Å². The van der Waals surface area contributed by atoms with E-state index < -0.39 is 0 Å². The Bertz CT molecular complexity index is 1100. The van der Waals surface area contributed by atoms with Gasteiger partial charge >= 0.3 is 0 Å². The van der Waals surface area contributed by atoms with Gasteiger partial charge in [-0.15, -0.1) is 0 Å². The predicted molar refractivity (Wildman–Crippen MR) is 122 cm³/mol. The number of ether oxygens (including phenoxy) is 1. The van der Waals surface area contributed by atoms with Crippen LogP contribution in [0.15, 0.2) is 76.8 Å². The van der Waals surface area contributed by atoms with E-state index in [0.29, 0.717) is 16.7 Å². The Morgan fingerprint density at radius 1 is 1.03 bits per heavy atom. The second-order valence-corrected chi connectivity index (χ2v) is 7.93. The van der Waals surface area contributed by atoms with Crippen LogP contribution in [0.1, 0.15) is 22.4 Å². The van der Waals surface area contributed by atoms with Crippen LogP contribution in [0.5, 0.6) is 5.75 Å². The van der Waals surface area contributed by atoms with Crippen LogP contribution >= 0.6 is 11.8 Å². The average Bonchev–Trinajstić information content (AvgIpc) is 3.10. The first-order valence-electron chi connectivity index (χ1n) is 9.57. The summed E-state index contributed by atoms with van der Waals surface area (Å²) in [4.78, 5) is 21.9. The van der Waals surface area contributed by atoms with Crippen molar-refractivity contribution in [1.82, 2.24) is 10.3 Å². The van der Waals surface area contributed by atoms with Gasteiger partial charge in [-0.25, -0.2) is 4.99 Å². The zero-order chi connectivity index (χ0) is 20.9. The summed E-state index contributed by atoms with van der Waals surface area (Å²) in [6, 6.07) is 19.4. The molecule has 3 aromatic rings. The first-order valence-corrected chi connectivity index (χ1v) is 10.4. The van der Waals surface area contributed by atoms with Gasteiger partial charge in [-0.1, -0.05) is 36.4 Å². The molecular formula is C24H21N3O2S. The van der Waals surface area contributed by atoms with Crippen molar-refractivity contribution in [2.45, 2.75) is 20.5 Å². The molecule has 0 unspecified atom stereocenters. The molecule has 0 saturated carbocycles. The number of nitrogens with one attached hydrogen (secondary N) is 1. The van der Waals surface area contributed by atoms with Crippen LogP contribution in [0.4, 0.5) is 5.69 Å². The maximum atomic E-state index is 12.4. The summed E-state index contributed by atoms with van der Waals surface area (Å²) >= 11 is 1.35. The first-order chi connectivity index (χ1) is 14.6. The summed E-state index contributed by atoms with van der Waals surface area (Å²) in [5.74, 6) is 0.615. The highest BCUT2D eigenvalue weighted by molar-refractivity contribution is 8.18. The molecule has 0 atom stereocenters. The molecule has 1 amide bonds. The van der Waals surface area contributed by atoms with Gasteiger partial charge in [0, 0.05) is 6.20 Å². The largest absolute Gasteiger partial charge is 0.487 e. The van der Waals surface area contributed by atoms with E-state index in [1.807, 2.05) is 80.6 Å². The Morgan fingerprint density at radius 2 is 1.80 bits per heavy atom. The third-order valence-corrected chi connectivity index (χ3v) is 5.50. The number of hydrogen-bond donors (Lipinski definition) is 1. The van der Waals surface area contributed by atoms with Crippen molar-refractivity contribution < 1.29 is 9.53 Å². The number of nitrogens with zero attached hydrogens (tertiary/aromatic N) is 2. The van der Waals surface area contributed by atoms with Gasteiger partial charge in [0.05, 0.1) is 16.3 Å². The fourth-order valence-electron chi connectivity index (χ4n) is 3.02. The Hall–Kier alpha value is -3.38. The highest BCUT2D eigenvalue weighted by Crippen LogP contribution is 2.30. The molecule has 2 heterocycles. The lowest BCUT2D eigenvalue weighted by atomic mass is 10.1. The lowest BCUT2D eigenvalue weighted by molar-refractivity contribution is -0.115. The number of aryl methyl sites for hydroxylation is 2. The van der Waals surface area contributed by atoms with Gasteiger partial charge in [-0.2, -0.15) is 0 Å². The zero-order valence-corrected chi connectivity index (χ0v) is 17.6. The number of carbonyl (C=O) groups excluding carboxylic acids is 1. The molecule has 1 aliphatic heterocycles. The molecule has 6 heteroatoms. The lowest BCUT2D eigenvalue weighted by Gasteiger charge is -2.05. The summed E-state index contributed by atoms with van der Waals surface area (Å²) in [6.07, 6.45) is 3.60. The molecule has 1 saturated heterocycles. The van der Waals surface area contributed by atoms with E-state index in [-0.39, 0.29) is 5.91 Å². The number of carbonyl (C=O) groups is 1. The minimum Gasteiger partial charge on any atom is -0.487 e. The van der Waals surface area contributed by atoms with Crippen molar-refractivity contribution in [3.8, 4) is 5.75 Å². The highest BCUT2D eigenvalue weighted by atomic mass is 32.2. The Balaban J connectivity index is 1.44. The fraction of sp³-hybridized carbons (Fsp3) is 0.125. The fourth-order valence-corrected chi connectivity index (χ4v) is 3.84. The predicted octanol–water partition coefficient (Wildman–Crippen LogP) is 5.17. The van der Waals surface area contributed by atoms with Gasteiger partial charge in [-0.3, -0.25) is 9.78 Å². The SMILES string of the molecule is Cc1cccc(C)c1N=C1NC(=O)/C(=C/c2ccc(OCc3ccccn3)cc2)S1. The summed E-state index contributed by atoms with van der Waals surface area (Å²) in [7, 11) is 0. The Kier molecular flexibility index (Phi) is 5.95. The van der Waals surface area contributed by atoms with Crippen LogP contribution in [-0.4, -0.2) is 16.1 Å². The van der Waals surface area contributed by atoms with E-state index in [1.54, 1.807) is 6.20 Å². The molecule has 0 spiro atoms. The van der Waals surface area contributed by atoms with Gasteiger partial charge in [0.2, 0.25) is 0 Å². The number of aliphatic imine (C=N–C) groups is 1. The number of rotatable bonds is 5. The molecule has 30 heavy (non-hydrogen) atoms. The molecule has 5 nitrogen and oxygen atoms in total. The second-order valence-electron chi connectivity index (χ2n) is 6.90. The number of pyridine rings is 1. The monoisotopic (exact) mass is 415 g/mol. The van der Waals surface area contributed by atoms with E-state index in [0.717, 1.165) is 33.8 Å². The number of benzene rings is 2. The molecule has 0 radical (unpaired) electrons. The maximum Gasteiger partial charge on any atom is 0.264 e. The van der Waals surface area contributed by atoms with Crippen molar-refractivity contribution in [2.75, 3.05) is 0 Å². The number of amides is 1. The molecule has 1 aromatic heterocycles. The summed E-state index contributed by atoms with van der Waals surface area (Å²) in [6.45, 7) is 4.45. The number of aromatic nitrogens is 1. The summed E-state index contributed by atoms with van der Waals surface area (Å²) in [5, 5.41) is 3.45. The van der Waals surface area contributed by atoms with Gasteiger partial charge in [0.25, 0.3) is 5.91 Å². The van der Waals surface area contributed by atoms with Crippen molar-refractivity contribution in [1.29, 1.82) is 0 Å². The van der Waals surface area contributed by atoms with Gasteiger partial charge in [0.1, 0.15) is 12.4 Å². The molecular weight excluding hydrogens is 394 g/mol. The smallest absolute Gasteiger partial charge is 0.264 e. The maximum absolute atomic E-state index is 12.4. The number of amidine groups is 1. The topological polar surface area (TPSA) is 63.6 Å². The van der Waals surface area contributed by atoms with Crippen molar-refractivity contribution in [2.24, 2.45) is 4.99 Å². The quantitative estimate of drug-likeness (QED) is 0.584. The van der Waals surface area contributed by atoms with E-state index in [4.69, 9.17) is 4.74 Å². The zero-order valence-electron chi connectivity index (χ0n) is 16.8. The van der Waals surface area contributed by atoms with E-state index in [9.17, 15) is 4.79 Å². The Morgan fingerprint density at radius 3 is 2.50 bits per heavy atom. The first kappa shape index (κ1) is 19.9. The lowest BCUT2D eigenvalue weighted by Crippen LogP contribution is -2.19. The van der Waals surface area contributed by atoms with Crippen molar-refractivity contribution in [3.63, 3.8) is 0 Å². The minimum atomic E-state index is -0.138. The highest BCUT2D eigenvalue weighted by Gasteiger charge is 2.24. The molecule has 1 N–H and O–H groups in total. The van der Waals surface area contributed by atoms with Crippen LogP contribution in [0, 0.1) is 13.8 Å². The van der Waals surface area contributed by atoms with Crippen LogP contribution in [0.25, 0.3) is 6.08 Å². The van der Waals surface area contributed by atoms with Crippen molar-refractivity contribution >= 4 is 34.6 Å². The molecule has 0 bridgehead atoms. The third kappa shape index (κ3) is 4.78. The minimum absolute atomic E-state index is 0.138. The Labute approximate surface area is 179 Å². The molecule has 150 valence electrons. The number of thioether (sulfide) groups is 1. The second kappa shape index (κ2) is 8.97. The van der Waals surface area contributed by atoms with Crippen molar-refractivity contribution in [3.05, 3.63) is 94.1 Å². The normalized spacial score (nSPS) is 16.1. The number of para-hydroxylation sites is 1. The van der Waals surface area contributed by atoms with Crippen LogP contribution in [-0.2, 0) is 11.4 Å². The average molecular weight is 416 g/mol. The standard InChI is InChI=1S/C24H21N3O2S/c1-16-6-5-7-17(2)22(16)26-24-27-23(28)21(30-24)14-18-9-11-20(12-10-18)29-15-19-8-3-4-13-25-19/h3-14H,15H2,1-2H3,(H,26,27,28)/b21-14-. The van der Waals surface area contributed by atoms with Crippen LogP contribution in [0.2, 0.25) is 0 Å². The molecule has 1 aliphatic rings. The van der Waals surface area contributed by atoms with Crippen LogP contribution in [0.3, 0.4) is 0 Å². The molecule has 0 aliphatic carbocycles. The van der Waals surface area contributed by atoms with E-state index >= 15 is 0 Å². The van der Waals surface area contributed by atoms with E-state index in [1.165, 1.54) is 11.8 Å². The third-order valence-electron chi connectivity index (χ3n) is 4.59. The molecule has 1 fully saturated rings.